The van der Waals surface area contributed by atoms with Crippen LogP contribution in [0, 0.1) is 25.2 Å². The lowest BCUT2D eigenvalue weighted by molar-refractivity contribution is 0.0952. The third-order valence-corrected chi connectivity index (χ3v) is 3.77. The SMILES string of the molecule is Cc1cc(C(=O)N/N=C2\C[C@H](C)CC(C)(C)C2)c(C)o1. The number of carbonyl (C=O) groups is 1. The average Bonchev–Trinajstić information content (AvgIpc) is 2.63. The normalized spacial score (nSPS) is 23.9. The Labute approximate surface area is 120 Å². The number of furan rings is 1. The quantitative estimate of drug-likeness (QED) is 0.835. The summed E-state index contributed by atoms with van der Waals surface area (Å²) in [4.78, 5) is 12.1. The monoisotopic (exact) mass is 276 g/mol. The summed E-state index contributed by atoms with van der Waals surface area (Å²) in [6.45, 7) is 10.4. The van der Waals surface area contributed by atoms with Crippen LogP contribution in [0.3, 0.4) is 0 Å². The molecule has 0 unspecified atom stereocenters. The van der Waals surface area contributed by atoms with Gasteiger partial charge in [-0.3, -0.25) is 4.79 Å². The van der Waals surface area contributed by atoms with Crippen molar-refractivity contribution in [1.29, 1.82) is 0 Å². The molecule has 1 aromatic rings. The van der Waals surface area contributed by atoms with Crippen LogP contribution in [0.4, 0.5) is 0 Å². The minimum absolute atomic E-state index is 0.192. The van der Waals surface area contributed by atoms with E-state index >= 15 is 0 Å². The predicted molar refractivity (Wildman–Crippen MR) is 79.9 cm³/mol. The molecule has 0 saturated heterocycles. The lowest BCUT2D eigenvalue weighted by Gasteiger charge is -2.34. The van der Waals surface area contributed by atoms with E-state index in [1.807, 2.05) is 6.92 Å². The van der Waals surface area contributed by atoms with Gasteiger partial charge in [0.15, 0.2) is 0 Å². The summed E-state index contributed by atoms with van der Waals surface area (Å²) < 4.78 is 5.37. The van der Waals surface area contributed by atoms with Crippen LogP contribution in [-0.4, -0.2) is 11.6 Å². The van der Waals surface area contributed by atoms with Gasteiger partial charge >= 0.3 is 0 Å². The lowest BCUT2D eigenvalue weighted by Crippen LogP contribution is -2.30. The van der Waals surface area contributed by atoms with E-state index in [9.17, 15) is 4.79 Å². The van der Waals surface area contributed by atoms with Crippen molar-refractivity contribution in [1.82, 2.24) is 5.43 Å². The van der Waals surface area contributed by atoms with Crippen LogP contribution in [0.1, 0.15) is 61.9 Å². The topological polar surface area (TPSA) is 54.6 Å². The van der Waals surface area contributed by atoms with Crippen LogP contribution in [0.25, 0.3) is 0 Å². The van der Waals surface area contributed by atoms with Gasteiger partial charge in [-0.2, -0.15) is 5.10 Å². The van der Waals surface area contributed by atoms with E-state index in [4.69, 9.17) is 4.42 Å². The highest BCUT2D eigenvalue weighted by molar-refractivity contribution is 5.96. The number of nitrogens with zero attached hydrogens (tertiary/aromatic N) is 1. The molecule has 2 rings (SSSR count). The zero-order valence-corrected chi connectivity index (χ0v) is 13.0. The molecule has 1 heterocycles. The molecule has 4 heteroatoms. The molecule has 1 amide bonds. The molecule has 1 fully saturated rings. The fourth-order valence-electron chi connectivity index (χ4n) is 3.25. The second kappa shape index (κ2) is 5.43. The maximum absolute atomic E-state index is 12.1. The highest BCUT2D eigenvalue weighted by Crippen LogP contribution is 2.36. The van der Waals surface area contributed by atoms with E-state index < -0.39 is 0 Å². The molecule has 1 N–H and O–H groups in total. The first-order valence-electron chi connectivity index (χ1n) is 7.19. The van der Waals surface area contributed by atoms with Gasteiger partial charge in [0.25, 0.3) is 5.91 Å². The minimum atomic E-state index is -0.192. The van der Waals surface area contributed by atoms with E-state index in [0.29, 0.717) is 17.2 Å². The molecule has 4 nitrogen and oxygen atoms in total. The fraction of sp³-hybridized carbons (Fsp3) is 0.625. The van der Waals surface area contributed by atoms with Crippen molar-refractivity contribution in [3.8, 4) is 0 Å². The third-order valence-electron chi connectivity index (χ3n) is 3.77. The number of aryl methyl sites for hydroxylation is 2. The highest BCUT2D eigenvalue weighted by Gasteiger charge is 2.29. The van der Waals surface area contributed by atoms with Crippen LogP contribution in [0.5, 0.6) is 0 Å². The molecule has 1 aromatic heterocycles. The zero-order chi connectivity index (χ0) is 14.9. The van der Waals surface area contributed by atoms with Crippen molar-refractivity contribution in [3.05, 3.63) is 23.2 Å². The molecular formula is C16H24N2O2. The molecular weight excluding hydrogens is 252 g/mol. The van der Waals surface area contributed by atoms with Crippen LogP contribution < -0.4 is 5.43 Å². The first kappa shape index (κ1) is 14.8. The summed E-state index contributed by atoms with van der Waals surface area (Å²) in [6, 6.07) is 1.75. The Kier molecular flexibility index (Phi) is 4.02. The van der Waals surface area contributed by atoms with E-state index in [2.05, 4.69) is 31.3 Å². The van der Waals surface area contributed by atoms with Gasteiger partial charge in [-0.15, -0.1) is 0 Å². The van der Waals surface area contributed by atoms with Gasteiger partial charge in [-0.1, -0.05) is 20.8 Å². The van der Waals surface area contributed by atoms with Crippen molar-refractivity contribution >= 4 is 11.6 Å². The summed E-state index contributed by atoms with van der Waals surface area (Å²) in [5.41, 5.74) is 4.59. The van der Waals surface area contributed by atoms with E-state index in [1.54, 1.807) is 13.0 Å². The molecule has 1 aliphatic carbocycles. The van der Waals surface area contributed by atoms with E-state index in [1.165, 1.54) is 6.42 Å². The van der Waals surface area contributed by atoms with E-state index in [-0.39, 0.29) is 11.3 Å². The Hall–Kier alpha value is -1.58. The van der Waals surface area contributed by atoms with E-state index in [0.717, 1.165) is 24.3 Å². The molecule has 0 bridgehead atoms. The van der Waals surface area contributed by atoms with Gasteiger partial charge in [0.1, 0.15) is 11.5 Å². The number of hydrogen-bond donors (Lipinski definition) is 1. The molecule has 20 heavy (non-hydrogen) atoms. The van der Waals surface area contributed by atoms with Crippen molar-refractivity contribution in [2.24, 2.45) is 16.4 Å². The van der Waals surface area contributed by atoms with Gasteiger partial charge in [0.2, 0.25) is 0 Å². The maximum Gasteiger partial charge on any atom is 0.274 e. The number of carbonyl (C=O) groups excluding carboxylic acids is 1. The van der Waals surface area contributed by atoms with Crippen molar-refractivity contribution < 1.29 is 9.21 Å². The van der Waals surface area contributed by atoms with Gasteiger partial charge in [0, 0.05) is 5.71 Å². The molecule has 0 radical (unpaired) electrons. The van der Waals surface area contributed by atoms with Gasteiger partial charge in [0.05, 0.1) is 5.56 Å². The zero-order valence-electron chi connectivity index (χ0n) is 13.0. The molecule has 0 aromatic carbocycles. The summed E-state index contributed by atoms with van der Waals surface area (Å²) in [5, 5.41) is 4.33. The van der Waals surface area contributed by atoms with Crippen LogP contribution in [0.2, 0.25) is 0 Å². The number of hydrogen-bond acceptors (Lipinski definition) is 3. The van der Waals surface area contributed by atoms with Crippen molar-refractivity contribution in [2.45, 2.75) is 53.9 Å². The van der Waals surface area contributed by atoms with Crippen LogP contribution in [0.15, 0.2) is 15.6 Å². The Balaban J connectivity index is 2.05. The molecule has 110 valence electrons. The average molecular weight is 276 g/mol. The molecule has 1 saturated carbocycles. The number of hydrazone groups is 1. The second-order valence-electron chi connectivity index (χ2n) is 6.80. The Morgan fingerprint density at radius 1 is 1.45 bits per heavy atom. The highest BCUT2D eigenvalue weighted by atomic mass is 16.3. The summed E-state index contributed by atoms with van der Waals surface area (Å²) >= 11 is 0. The Morgan fingerprint density at radius 2 is 2.15 bits per heavy atom. The number of amides is 1. The molecule has 1 atom stereocenters. The third kappa shape index (κ3) is 3.50. The largest absolute Gasteiger partial charge is 0.466 e. The van der Waals surface area contributed by atoms with Gasteiger partial charge < -0.3 is 4.42 Å². The Bertz CT molecular complexity index is 541. The van der Waals surface area contributed by atoms with Crippen molar-refractivity contribution in [3.63, 3.8) is 0 Å². The standard InChI is InChI=1S/C16H24N2O2/c1-10-6-13(9-16(4,5)8-10)17-18-15(19)14-7-11(2)20-12(14)3/h7,10H,6,8-9H2,1-5H3,(H,18,19)/b17-13+/t10-/m0/s1. The summed E-state index contributed by atoms with van der Waals surface area (Å²) in [7, 11) is 0. The minimum Gasteiger partial charge on any atom is -0.466 e. The lowest BCUT2D eigenvalue weighted by atomic mass is 9.72. The smallest absolute Gasteiger partial charge is 0.274 e. The number of rotatable bonds is 2. The van der Waals surface area contributed by atoms with Crippen LogP contribution in [-0.2, 0) is 0 Å². The fourth-order valence-corrected chi connectivity index (χ4v) is 3.25. The summed E-state index contributed by atoms with van der Waals surface area (Å²) in [5.74, 6) is 1.81. The summed E-state index contributed by atoms with van der Waals surface area (Å²) in [6.07, 6.45) is 3.12. The predicted octanol–water partition coefficient (Wildman–Crippen LogP) is 3.83. The first-order valence-corrected chi connectivity index (χ1v) is 7.19. The van der Waals surface area contributed by atoms with Crippen LogP contribution >= 0.6 is 0 Å². The van der Waals surface area contributed by atoms with Gasteiger partial charge in [-0.25, -0.2) is 5.43 Å². The van der Waals surface area contributed by atoms with Gasteiger partial charge in [-0.05, 0) is 50.5 Å². The molecule has 0 spiro atoms. The van der Waals surface area contributed by atoms with Crippen molar-refractivity contribution in [2.75, 3.05) is 0 Å². The number of nitrogens with one attached hydrogen (secondary N) is 1. The second-order valence-corrected chi connectivity index (χ2v) is 6.80. The molecule has 0 aliphatic heterocycles. The first-order chi connectivity index (χ1) is 9.27. The maximum atomic E-state index is 12.1. The molecule has 1 aliphatic rings. The Morgan fingerprint density at radius 3 is 2.70 bits per heavy atom.